The fourth-order valence-electron chi connectivity index (χ4n) is 2.07. The van der Waals surface area contributed by atoms with Crippen LogP contribution >= 0.6 is 11.5 Å². The number of nitrogens with zero attached hydrogens (tertiary/aromatic N) is 1. The summed E-state index contributed by atoms with van der Waals surface area (Å²) in [5.74, 6) is -1.93. The Balaban J connectivity index is 2.08. The van der Waals surface area contributed by atoms with Crippen LogP contribution in [0.25, 0.3) is 10.1 Å². The summed E-state index contributed by atoms with van der Waals surface area (Å²) in [6.45, 7) is 0. The van der Waals surface area contributed by atoms with Crippen LogP contribution in [0.5, 0.6) is 0 Å². The molecule has 0 spiro atoms. The smallest absolute Gasteiger partial charge is 0.337 e. The molecule has 1 aromatic carbocycles. The lowest BCUT2D eigenvalue weighted by Gasteiger charge is -1.97. The first-order valence-corrected chi connectivity index (χ1v) is 8.79. The van der Waals surface area contributed by atoms with Crippen molar-refractivity contribution in [3.63, 3.8) is 0 Å². The summed E-state index contributed by atoms with van der Waals surface area (Å²) in [6, 6.07) is 4.99. The number of hydrogen-bond donors (Lipinski definition) is 1. The van der Waals surface area contributed by atoms with Gasteiger partial charge in [-0.15, -0.1) is 0 Å². The van der Waals surface area contributed by atoms with Gasteiger partial charge in [-0.3, -0.25) is 14.1 Å². The Kier molecular flexibility index (Phi) is 4.06. The lowest BCUT2D eigenvalue weighted by atomic mass is 10.2. The first-order chi connectivity index (χ1) is 11.7. The highest BCUT2D eigenvalue weighted by molar-refractivity contribution is 7.85. The standard InChI is InChI=1S/C14H9NO8S2/c1-22-14(18)7-2-3-9-11(4-7)24-15(12(9)16)13(17)10-5-8(6-23-10)25(19,20)21/h2-6H,1H3,(H,19,20,21). The number of benzene rings is 1. The molecule has 0 amide bonds. The molecule has 2 heterocycles. The molecular weight excluding hydrogens is 374 g/mol. The van der Waals surface area contributed by atoms with E-state index in [1.54, 1.807) is 0 Å². The summed E-state index contributed by atoms with van der Waals surface area (Å²) >= 11 is 0.761. The first kappa shape index (κ1) is 17.1. The van der Waals surface area contributed by atoms with Gasteiger partial charge in [0, 0.05) is 6.07 Å². The lowest BCUT2D eigenvalue weighted by Crippen LogP contribution is -2.21. The van der Waals surface area contributed by atoms with Crippen molar-refractivity contribution < 1.29 is 31.7 Å². The maximum Gasteiger partial charge on any atom is 0.337 e. The average Bonchev–Trinajstić information content (AvgIpc) is 3.18. The van der Waals surface area contributed by atoms with Gasteiger partial charge in [0.25, 0.3) is 15.7 Å². The molecule has 25 heavy (non-hydrogen) atoms. The summed E-state index contributed by atoms with van der Waals surface area (Å²) in [4.78, 5) is 35.6. The van der Waals surface area contributed by atoms with Crippen molar-refractivity contribution in [3.05, 3.63) is 52.2 Å². The van der Waals surface area contributed by atoms with E-state index in [0.29, 0.717) is 11.0 Å². The van der Waals surface area contributed by atoms with Crippen LogP contribution in [0.3, 0.4) is 0 Å². The number of rotatable bonds is 3. The van der Waals surface area contributed by atoms with Crippen LogP contribution in [0.2, 0.25) is 0 Å². The van der Waals surface area contributed by atoms with Crippen LogP contribution in [0.4, 0.5) is 0 Å². The van der Waals surface area contributed by atoms with Crippen molar-refractivity contribution in [3.8, 4) is 0 Å². The van der Waals surface area contributed by atoms with Crippen LogP contribution in [0.15, 0.2) is 44.6 Å². The van der Waals surface area contributed by atoms with Crippen LogP contribution in [0.1, 0.15) is 20.9 Å². The first-order valence-electron chi connectivity index (χ1n) is 6.57. The molecule has 2 aromatic heterocycles. The number of carbonyl (C=O) groups is 2. The van der Waals surface area contributed by atoms with Crippen molar-refractivity contribution in [1.82, 2.24) is 3.96 Å². The SMILES string of the molecule is COC(=O)c1ccc2c(=O)n(C(=O)c3cc(S(=O)(=O)O)co3)sc2c1. The maximum atomic E-state index is 12.4. The van der Waals surface area contributed by atoms with Gasteiger partial charge < -0.3 is 9.15 Å². The summed E-state index contributed by atoms with van der Waals surface area (Å²) in [5, 5.41) is 0.201. The van der Waals surface area contributed by atoms with Gasteiger partial charge in [-0.2, -0.15) is 12.4 Å². The quantitative estimate of drug-likeness (QED) is 0.530. The highest BCUT2D eigenvalue weighted by Crippen LogP contribution is 2.21. The second kappa shape index (κ2) is 5.95. The number of aromatic nitrogens is 1. The van der Waals surface area contributed by atoms with Crippen molar-refractivity contribution >= 4 is 43.6 Å². The molecular formula is C14H9NO8S2. The monoisotopic (exact) mass is 383 g/mol. The third kappa shape index (κ3) is 2.99. The number of methoxy groups -OCH3 is 1. The van der Waals surface area contributed by atoms with Gasteiger partial charge in [0.05, 0.1) is 22.8 Å². The Morgan fingerprint density at radius 2 is 2.00 bits per heavy atom. The highest BCUT2D eigenvalue weighted by Gasteiger charge is 2.22. The Bertz CT molecular complexity index is 1170. The highest BCUT2D eigenvalue weighted by atomic mass is 32.2. The van der Waals surface area contributed by atoms with Gasteiger partial charge in [0.15, 0.2) is 5.76 Å². The predicted molar refractivity (Wildman–Crippen MR) is 85.7 cm³/mol. The fraction of sp³-hybridized carbons (Fsp3) is 0.0714. The molecule has 3 rings (SSSR count). The zero-order valence-electron chi connectivity index (χ0n) is 12.5. The van der Waals surface area contributed by atoms with Gasteiger partial charge >= 0.3 is 11.9 Å². The molecule has 11 heteroatoms. The van der Waals surface area contributed by atoms with Crippen LogP contribution in [-0.4, -0.2) is 35.9 Å². The van der Waals surface area contributed by atoms with E-state index in [4.69, 9.17) is 8.97 Å². The maximum absolute atomic E-state index is 12.4. The second-order valence-corrected chi connectivity index (χ2v) is 7.23. The molecule has 3 aromatic rings. The van der Waals surface area contributed by atoms with E-state index in [9.17, 15) is 22.8 Å². The van der Waals surface area contributed by atoms with E-state index in [0.717, 1.165) is 21.6 Å². The molecule has 1 N–H and O–H groups in total. The fourth-order valence-corrected chi connectivity index (χ4v) is 3.48. The van der Waals surface area contributed by atoms with Crippen molar-refractivity contribution in [1.29, 1.82) is 0 Å². The van der Waals surface area contributed by atoms with E-state index in [-0.39, 0.29) is 10.9 Å². The van der Waals surface area contributed by atoms with Gasteiger partial charge in [-0.1, -0.05) is 0 Å². The second-order valence-electron chi connectivity index (χ2n) is 4.82. The molecule has 0 saturated carbocycles. The number of furan rings is 1. The Morgan fingerprint density at radius 3 is 2.60 bits per heavy atom. The van der Waals surface area contributed by atoms with Gasteiger partial charge in [-0.25, -0.2) is 4.79 Å². The van der Waals surface area contributed by atoms with Crippen molar-refractivity contribution in [2.75, 3.05) is 7.11 Å². The summed E-state index contributed by atoms with van der Waals surface area (Å²) in [5.41, 5.74) is -0.436. The van der Waals surface area contributed by atoms with Crippen molar-refractivity contribution in [2.24, 2.45) is 0 Å². The number of fused-ring (bicyclic) bond motifs is 1. The molecule has 9 nitrogen and oxygen atoms in total. The van der Waals surface area contributed by atoms with Gasteiger partial charge in [0.2, 0.25) is 0 Å². The number of esters is 1. The van der Waals surface area contributed by atoms with Crippen LogP contribution in [-0.2, 0) is 14.9 Å². The van der Waals surface area contributed by atoms with E-state index in [2.05, 4.69) is 4.74 Å². The topological polar surface area (TPSA) is 133 Å². The van der Waals surface area contributed by atoms with Gasteiger partial charge in [-0.05, 0) is 29.7 Å². The van der Waals surface area contributed by atoms with E-state index >= 15 is 0 Å². The number of ether oxygens (including phenoxy) is 1. The minimum absolute atomic E-state index is 0.201. The van der Waals surface area contributed by atoms with Crippen LogP contribution < -0.4 is 5.56 Å². The Morgan fingerprint density at radius 1 is 1.28 bits per heavy atom. The lowest BCUT2D eigenvalue weighted by molar-refractivity contribution is 0.0600. The molecule has 130 valence electrons. The molecule has 0 aliphatic rings. The summed E-state index contributed by atoms with van der Waals surface area (Å²) in [6.07, 6.45) is 0.691. The molecule has 0 bridgehead atoms. The number of carbonyl (C=O) groups excluding carboxylic acids is 2. The molecule has 0 aliphatic heterocycles. The third-order valence-corrected chi connectivity index (χ3v) is 5.13. The minimum Gasteiger partial charge on any atom is -0.465 e. The zero-order chi connectivity index (χ0) is 18.4. The van der Waals surface area contributed by atoms with Crippen LogP contribution in [0, 0.1) is 0 Å². The number of hydrogen-bond acceptors (Lipinski definition) is 8. The molecule has 0 saturated heterocycles. The van der Waals surface area contributed by atoms with Crippen molar-refractivity contribution in [2.45, 2.75) is 4.90 Å². The molecule has 0 unspecified atom stereocenters. The Hall–Kier alpha value is -2.76. The average molecular weight is 383 g/mol. The summed E-state index contributed by atoms with van der Waals surface area (Å²) in [7, 11) is -3.32. The normalized spacial score (nSPS) is 11.6. The van der Waals surface area contributed by atoms with E-state index < -0.39 is 38.2 Å². The molecule has 0 fully saturated rings. The largest absolute Gasteiger partial charge is 0.465 e. The predicted octanol–water partition coefficient (Wildman–Crippen LogP) is 1.38. The zero-order valence-corrected chi connectivity index (χ0v) is 14.1. The molecule has 0 radical (unpaired) electrons. The van der Waals surface area contributed by atoms with E-state index in [1.807, 2.05) is 0 Å². The molecule has 0 aliphatic carbocycles. The summed E-state index contributed by atoms with van der Waals surface area (Å²) < 4.78 is 41.5. The van der Waals surface area contributed by atoms with E-state index in [1.165, 1.54) is 25.3 Å². The van der Waals surface area contributed by atoms with Gasteiger partial charge in [0.1, 0.15) is 11.2 Å². The third-order valence-electron chi connectivity index (χ3n) is 3.28. The molecule has 0 atom stereocenters. The minimum atomic E-state index is -4.53. The Labute approximate surface area is 143 Å².